The van der Waals surface area contributed by atoms with Gasteiger partial charge < -0.3 is 13.3 Å². The quantitative estimate of drug-likeness (QED) is 0.112. The minimum absolute atomic E-state index is 0.110. The molecule has 0 aliphatic rings. The zero-order valence-electron chi connectivity index (χ0n) is 80.0. The van der Waals surface area contributed by atoms with E-state index in [1.807, 2.05) is 179 Å². The molecule has 0 aliphatic carbocycles. The van der Waals surface area contributed by atoms with Gasteiger partial charge in [-0.05, 0) is 274 Å². The Labute approximate surface area is 713 Å². The minimum atomic E-state index is -2.30. The van der Waals surface area contributed by atoms with Crippen LogP contribution >= 0.6 is 0 Å². The van der Waals surface area contributed by atoms with Gasteiger partial charge in [0.25, 0.3) is 6.33 Å². The number of furan rings is 3. The largest absolute Gasteiger partial charge is 0.437 e. The molecule has 0 unspecified atom stereocenters. The van der Waals surface area contributed by atoms with Gasteiger partial charge >= 0.3 is 0 Å². The van der Waals surface area contributed by atoms with Crippen molar-refractivity contribution < 1.29 is 45.5 Å². The molecule has 0 aliphatic heterocycles. The van der Waals surface area contributed by atoms with E-state index in [-0.39, 0.29) is 23.2 Å². The van der Waals surface area contributed by atoms with Crippen LogP contribution in [0.15, 0.2) is 214 Å². The minimum Gasteiger partial charge on any atom is -0.437 e. The molecular formula is C108H111FN8O3+4. The van der Waals surface area contributed by atoms with Crippen LogP contribution in [0, 0.1) is 98.7 Å². The summed E-state index contributed by atoms with van der Waals surface area (Å²) in [6.07, 6.45) is 1.05. The summed E-state index contributed by atoms with van der Waals surface area (Å²) in [4.78, 5) is 18.5. The standard InChI is InChI=1S/C31H29N2O.C28H29N2O.C27H27N2O.C22H26FN2/c1-18(2)17-21-9-8-12-26-23(21)15-16-27(33(26)5)28-20(4)22-10-6-7-11-24(22)29-25-14-13-19(3)32-31(25)34-30(28)29;1-16(2)14-20-8-7-9-24-21(20)12-13-25(30(24)6)26-19(5)17(3)15-23-22-11-10-18(4)29-28(22)31-27(23)26;1-16(2)15-19-7-6-8-23-20(19)13-14-24(29(23)5)25-17(3)9-11-21-22-12-10-18(4)28-27(22)30-26(21)25;1-13(2)9-17-7-8-18-20(11-17)24-12-25(6)22(18)19-10-14(3)21(23)16(5)15(19)4/h6-16,18H,17H2,1-5H3;7-13,15-16H,14H2,1-6H3;6-14,16H,15H2,1-5H3;7-8,10-13H,9H2,1-6H3/q4*+1/i17D2;3D3,14D2;;. The number of aryl methyl sites for hydroxylation is 11. The third-order valence-electron chi connectivity index (χ3n) is 23.7. The maximum Gasteiger partial charge on any atom is 0.287 e. The number of nitrogens with zero attached hydrogens (tertiary/aromatic N) is 8. The number of aromatic nitrogens is 8. The van der Waals surface area contributed by atoms with Gasteiger partial charge in [-0.25, -0.2) is 23.9 Å². The Bertz CT molecular complexity index is 7670. The second-order valence-electron chi connectivity index (χ2n) is 34.2. The average molecular weight is 1600 g/mol. The lowest BCUT2D eigenvalue weighted by atomic mass is 9.92. The van der Waals surface area contributed by atoms with E-state index in [2.05, 4.69) is 195 Å². The zero-order valence-corrected chi connectivity index (χ0v) is 73.0. The maximum atomic E-state index is 14.3. The molecule has 11 nitrogen and oxygen atoms in total. The lowest BCUT2D eigenvalue weighted by molar-refractivity contribution is -0.662. The first-order chi connectivity index (χ1) is 60.2. The van der Waals surface area contributed by atoms with Crippen LogP contribution in [0.25, 0.3) is 166 Å². The topological polar surface area (TPSA) is 106 Å². The Balaban J connectivity index is 0.000000126. The molecule has 0 saturated heterocycles. The smallest absolute Gasteiger partial charge is 0.287 e. The number of fused-ring (bicyclic) bond motifs is 15. The SMILES string of the molecule is Cc1cc(-c2c3ccc(CC(C)C)cc3nc[n+]2C)c(C)c(C)c1F.Cc1ccc2c(n1)oc1c(-c3ccc4c(CC(C)C)cccc4[n+]3C)c(C)ccc12.[2H]C([2H])([2H])c1cc2c(oc3nc(C)ccc32)c(-c2ccc3c(C([2H])([2H])C(C)C)cccc3[n+]2C)c1C.[2H]C([2H])(c1cccc2c1ccc(-c1c(C)c3ccccc3c3c1oc1nc(C)ccc13)[n+]2C)C(C)C. The third kappa shape index (κ3) is 15.0. The van der Waals surface area contributed by atoms with Crippen molar-refractivity contribution in [1.29, 1.82) is 0 Å². The zero-order chi connectivity index (χ0) is 90.8. The van der Waals surface area contributed by atoms with E-state index in [1.165, 1.54) is 33.0 Å². The molecule has 19 rings (SSSR count). The van der Waals surface area contributed by atoms with Crippen molar-refractivity contribution in [3.8, 4) is 45.0 Å². The van der Waals surface area contributed by atoms with Crippen molar-refractivity contribution in [2.45, 2.75) is 150 Å². The monoisotopic (exact) mass is 1590 g/mol. The van der Waals surface area contributed by atoms with Crippen molar-refractivity contribution in [2.24, 2.45) is 51.9 Å². The first-order valence-corrected chi connectivity index (χ1v) is 41.9. The van der Waals surface area contributed by atoms with Crippen molar-refractivity contribution in [3.63, 3.8) is 0 Å². The molecule has 10 heterocycles. The molecule has 120 heavy (non-hydrogen) atoms. The van der Waals surface area contributed by atoms with E-state index in [1.54, 1.807) is 6.07 Å². The summed E-state index contributed by atoms with van der Waals surface area (Å²) < 4.78 is 101. The second kappa shape index (κ2) is 32.7. The highest BCUT2D eigenvalue weighted by Gasteiger charge is 2.30. The van der Waals surface area contributed by atoms with Crippen LogP contribution in [0.5, 0.6) is 0 Å². The summed E-state index contributed by atoms with van der Waals surface area (Å²) >= 11 is 0. The highest BCUT2D eigenvalue weighted by atomic mass is 19.1. The molecule has 12 heteroatoms. The highest BCUT2D eigenvalue weighted by molar-refractivity contribution is 6.23. The molecule has 19 aromatic rings. The van der Waals surface area contributed by atoms with Gasteiger partial charge in [0.15, 0.2) is 22.3 Å². The molecule has 0 saturated carbocycles. The van der Waals surface area contributed by atoms with Gasteiger partial charge in [-0.2, -0.15) is 13.7 Å². The predicted octanol–water partition coefficient (Wildman–Crippen LogP) is 25.8. The summed E-state index contributed by atoms with van der Waals surface area (Å²) in [5, 5.41) is 12.3. The summed E-state index contributed by atoms with van der Waals surface area (Å²) in [6, 6.07) is 65.9. The van der Waals surface area contributed by atoms with Crippen molar-refractivity contribution in [1.82, 2.24) is 19.9 Å². The Hall–Kier alpha value is -12.4. The van der Waals surface area contributed by atoms with Crippen LogP contribution in [0.1, 0.15) is 143 Å². The average Bonchev–Trinajstić information content (AvgIpc) is 1.63. The van der Waals surface area contributed by atoms with E-state index in [0.717, 1.165) is 168 Å². The molecule has 10 aromatic heterocycles. The molecule has 604 valence electrons. The Morgan fingerprint density at radius 2 is 0.842 bits per heavy atom. The van der Waals surface area contributed by atoms with E-state index < -0.39 is 19.6 Å². The molecule has 0 atom stereocenters. The Morgan fingerprint density at radius 1 is 0.375 bits per heavy atom. The number of halogens is 1. The van der Waals surface area contributed by atoms with E-state index in [9.17, 15) is 4.39 Å². The van der Waals surface area contributed by atoms with Gasteiger partial charge in [0.05, 0.1) is 29.1 Å². The summed E-state index contributed by atoms with van der Waals surface area (Å²) in [5.41, 5.74) is 28.7. The van der Waals surface area contributed by atoms with Crippen LogP contribution in [-0.4, -0.2) is 19.9 Å². The van der Waals surface area contributed by atoms with E-state index in [4.69, 9.17) is 27.8 Å². The number of benzene rings is 9. The van der Waals surface area contributed by atoms with Crippen LogP contribution < -0.4 is 18.3 Å². The van der Waals surface area contributed by atoms with Gasteiger partial charge in [0.2, 0.25) is 50.8 Å². The van der Waals surface area contributed by atoms with Gasteiger partial charge in [-0.1, -0.05) is 134 Å². The van der Waals surface area contributed by atoms with Gasteiger partial charge in [0.1, 0.15) is 32.7 Å². The third-order valence-corrected chi connectivity index (χ3v) is 23.7. The Morgan fingerprint density at radius 3 is 1.39 bits per heavy atom. The summed E-state index contributed by atoms with van der Waals surface area (Å²) in [7, 11) is 8.13. The molecular weight excluding hydrogens is 1480 g/mol. The first-order valence-electron chi connectivity index (χ1n) is 45.4. The molecule has 0 fully saturated rings. The summed E-state index contributed by atoms with van der Waals surface area (Å²) in [6.45, 7) is 32.0. The number of hydrogen-bond donors (Lipinski definition) is 0. The van der Waals surface area contributed by atoms with E-state index >= 15 is 0 Å². The number of hydrogen-bond acceptors (Lipinski definition) is 7. The van der Waals surface area contributed by atoms with Crippen molar-refractivity contribution in [3.05, 3.63) is 285 Å². The molecule has 0 spiro atoms. The van der Waals surface area contributed by atoms with Crippen LogP contribution in [0.3, 0.4) is 0 Å². The number of rotatable bonds is 12. The van der Waals surface area contributed by atoms with E-state index in [0.29, 0.717) is 62.2 Å². The van der Waals surface area contributed by atoms with Crippen LogP contribution in [0.2, 0.25) is 0 Å². The highest BCUT2D eigenvalue weighted by Crippen LogP contribution is 2.45. The fourth-order valence-corrected chi connectivity index (χ4v) is 17.8. The van der Waals surface area contributed by atoms with Crippen LogP contribution in [0.4, 0.5) is 4.39 Å². The molecule has 0 radical (unpaired) electrons. The lowest BCUT2D eigenvalue weighted by Gasteiger charge is -2.14. The van der Waals surface area contributed by atoms with Crippen molar-refractivity contribution in [2.75, 3.05) is 0 Å². The fourth-order valence-electron chi connectivity index (χ4n) is 17.8. The van der Waals surface area contributed by atoms with Gasteiger partial charge in [-0.3, -0.25) is 0 Å². The van der Waals surface area contributed by atoms with Crippen molar-refractivity contribution >= 4 is 121 Å². The Kier molecular flexibility index (Phi) is 19.8. The molecule has 0 N–H and O–H groups in total. The molecule has 9 aromatic carbocycles. The molecule has 0 bridgehead atoms. The predicted molar refractivity (Wildman–Crippen MR) is 494 cm³/mol. The second-order valence-corrected chi connectivity index (χ2v) is 34.2. The fraction of sp³-hybridized carbons (Fsp3) is 0.278. The first kappa shape index (κ1) is 72.8. The normalized spacial score (nSPS) is 13.1. The van der Waals surface area contributed by atoms with Gasteiger partial charge in [-0.15, -0.1) is 0 Å². The summed E-state index contributed by atoms with van der Waals surface area (Å²) in [5.74, 6) is 0.797. The maximum absolute atomic E-state index is 14.3. The lowest BCUT2D eigenvalue weighted by Crippen LogP contribution is -2.32. The number of pyridine rings is 6. The van der Waals surface area contributed by atoms with Gasteiger partial charge in [0, 0.05) is 117 Å². The molecule has 0 amide bonds. The van der Waals surface area contributed by atoms with Crippen LogP contribution in [-0.2, 0) is 53.8 Å².